The molecule has 1 aliphatic rings. The molecule has 0 fully saturated rings. The number of hydrogen-bond donors (Lipinski definition) is 2. The molecule has 0 aliphatic heterocycles. The van der Waals surface area contributed by atoms with E-state index in [0.29, 0.717) is 12.1 Å². The molecular weight excluding hydrogens is 262 g/mol. The normalized spacial score (nSPS) is 15.7. The van der Waals surface area contributed by atoms with Crippen molar-refractivity contribution in [2.75, 3.05) is 6.54 Å². The second-order valence-electron chi connectivity index (χ2n) is 5.71. The molecule has 0 aromatic heterocycles. The van der Waals surface area contributed by atoms with Gasteiger partial charge in [0, 0.05) is 5.92 Å². The molecule has 0 saturated carbocycles. The first-order valence-electron chi connectivity index (χ1n) is 7.22. The van der Waals surface area contributed by atoms with Gasteiger partial charge in [0.2, 0.25) is 0 Å². The predicted molar refractivity (Wildman–Crippen MR) is 83.8 cm³/mol. The summed E-state index contributed by atoms with van der Waals surface area (Å²) in [6.07, 6.45) is 0.839. The van der Waals surface area contributed by atoms with Gasteiger partial charge in [-0.1, -0.05) is 18.2 Å². The Morgan fingerprint density at radius 3 is 2.62 bits per heavy atom. The summed E-state index contributed by atoms with van der Waals surface area (Å²) in [6, 6.07) is 9.75. The van der Waals surface area contributed by atoms with Gasteiger partial charge >= 0.3 is 5.97 Å². The van der Waals surface area contributed by atoms with Crippen LogP contribution in [0.15, 0.2) is 30.3 Å². The van der Waals surface area contributed by atoms with Crippen molar-refractivity contribution < 1.29 is 9.90 Å². The number of nitrogens with two attached hydrogens (primary N) is 1. The summed E-state index contributed by atoms with van der Waals surface area (Å²) in [5, 5.41) is 9.22. The van der Waals surface area contributed by atoms with E-state index in [1.807, 2.05) is 12.1 Å². The molecule has 0 bridgehead atoms. The van der Waals surface area contributed by atoms with E-state index < -0.39 is 5.97 Å². The number of carboxylic acid groups (broad SMARTS) is 1. The second kappa shape index (κ2) is 5.01. The SMILES string of the molecule is Cc1ccc2c(c1C)-c1ccc(C(=O)O)cc1C2CCN. The Bertz CT molecular complexity index is 734. The van der Waals surface area contributed by atoms with Crippen LogP contribution in [0.4, 0.5) is 0 Å². The Morgan fingerprint density at radius 2 is 1.95 bits per heavy atom. The van der Waals surface area contributed by atoms with E-state index in [1.165, 1.54) is 22.3 Å². The Kier molecular flexibility index (Phi) is 3.30. The molecule has 1 unspecified atom stereocenters. The summed E-state index contributed by atoms with van der Waals surface area (Å²) in [7, 11) is 0. The molecule has 3 N–H and O–H groups in total. The molecule has 0 saturated heterocycles. The van der Waals surface area contributed by atoms with Gasteiger partial charge in [-0.3, -0.25) is 0 Å². The summed E-state index contributed by atoms with van der Waals surface area (Å²) in [4.78, 5) is 11.2. The molecule has 21 heavy (non-hydrogen) atoms. The third-order valence-corrected chi connectivity index (χ3v) is 4.54. The van der Waals surface area contributed by atoms with Gasteiger partial charge in [-0.2, -0.15) is 0 Å². The maximum atomic E-state index is 11.2. The zero-order chi connectivity index (χ0) is 15.1. The van der Waals surface area contributed by atoms with Crippen molar-refractivity contribution in [3.05, 3.63) is 58.1 Å². The summed E-state index contributed by atoms with van der Waals surface area (Å²) < 4.78 is 0. The van der Waals surface area contributed by atoms with Crippen LogP contribution in [0.25, 0.3) is 11.1 Å². The average Bonchev–Trinajstić information content (AvgIpc) is 2.77. The van der Waals surface area contributed by atoms with Gasteiger partial charge in [-0.05, 0) is 72.3 Å². The van der Waals surface area contributed by atoms with Gasteiger partial charge in [0.15, 0.2) is 0 Å². The van der Waals surface area contributed by atoms with Gasteiger partial charge in [0.25, 0.3) is 0 Å². The van der Waals surface area contributed by atoms with Crippen LogP contribution >= 0.6 is 0 Å². The maximum Gasteiger partial charge on any atom is 0.335 e. The third kappa shape index (κ3) is 2.05. The van der Waals surface area contributed by atoms with E-state index in [2.05, 4.69) is 26.0 Å². The molecule has 2 aromatic carbocycles. The largest absolute Gasteiger partial charge is 0.478 e. The zero-order valence-electron chi connectivity index (χ0n) is 12.3. The Labute approximate surface area is 124 Å². The van der Waals surface area contributed by atoms with Crippen LogP contribution in [0.1, 0.15) is 45.0 Å². The molecule has 2 aromatic rings. The molecule has 108 valence electrons. The van der Waals surface area contributed by atoms with Gasteiger partial charge < -0.3 is 10.8 Å². The highest BCUT2D eigenvalue weighted by Crippen LogP contribution is 2.48. The number of fused-ring (bicyclic) bond motifs is 3. The standard InChI is InChI=1S/C18H19NO2/c1-10-3-5-14-13(7-8-19)16-9-12(18(20)21)4-6-15(16)17(14)11(10)2/h3-6,9,13H,7-8,19H2,1-2H3,(H,20,21). The molecular formula is C18H19NO2. The number of benzene rings is 2. The van der Waals surface area contributed by atoms with Crippen molar-refractivity contribution in [1.82, 2.24) is 0 Å². The highest BCUT2D eigenvalue weighted by molar-refractivity contribution is 5.91. The molecule has 3 heteroatoms. The van der Waals surface area contributed by atoms with Crippen molar-refractivity contribution in [2.45, 2.75) is 26.2 Å². The molecule has 0 heterocycles. The minimum Gasteiger partial charge on any atom is -0.478 e. The Balaban J connectivity index is 2.26. The van der Waals surface area contributed by atoms with Gasteiger partial charge in [-0.25, -0.2) is 4.79 Å². The smallest absolute Gasteiger partial charge is 0.335 e. The summed E-state index contributed by atoms with van der Waals surface area (Å²) in [6.45, 7) is 4.83. The lowest BCUT2D eigenvalue weighted by Gasteiger charge is -2.13. The fourth-order valence-electron chi connectivity index (χ4n) is 3.34. The van der Waals surface area contributed by atoms with Crippen LogP contribution in [0.2, 0.25) is 0 Å². The van der Waals surface area contributed by atoms with Gasteiger partial charge in [0.1, 0.15) is 0 Å². The molecule has 3 rings (SSSR count). The van der Waals surface area contributed by atoms with E-state index in [-0.39, 0.29) is 5.92 Å². The highest BCUT2D eigenvalue weighted by Gasteiger charge is 2.30. The fourth-order valence-corrected chi connectivity index (χ4v) is 3.34. The van der Waals surface area contributed by atoms with Crippen LogP contribution in [0, 0.1) is 13.8 Å². The number of aromatic carboxylic acids is 1. The van der Waals surface area contributed by atoms with Gasteiger partial charge in [-0.15, -0.1) is 0 Å². The predicted octanol–water partition coefficient (Wildman–Crippen LogP) is 3.46. The topological polar surface area (TPSA) is 63.3 Å². The van der Waals surface area contributed by atoms with Crippen molar-refractivity contribution in [2.24, 2.45) is 5.73 Å². The first-order valence-corrected chi connectivity index (χ1v) is 7.22. The number of aryl methyl sites for hydroxylation is 1. The second-order valence-corrected chi connectivity index (χ2v) is 5.71. The average molecular weight is 281 g/mol. The molecule has 1 aliphatic carbocycles. The Morgan fingerprint density at radius 1 is 1.19 bits per heavy atom. The van der Waals surface area contributed by atoms with Crippen molar-refractivity contribution in [3.8, 4) is 11.1 Å². The quantitative estimate of drug-likeness (QED) is 0.905. The van der Waals surface area contributed by atoms with E-state index in [1.54, 1.807) is 6.07 Å². The third-order valence-electron chi connectivity index (χ3n) is 4.54. The lowest BCUT2D eigenvalue weighted by atomic mass is 9.91. The van der Waals surface area contributed by atoms with E-state index in [9.17, 15) is 9.90 Å². The molecule has 3 nitrogen and oxygen atoms in total. The van der Waals surface area contributed by atoms with Crippen LogP contribution in [0.5, 0.6) is 0 Å². The van der Waals surface area contributed by atoms with E-state index >= 15 is 0 Å². The molecule has 1 atom stereocenters. The minimum atomic E-state index is -0.881. The maximum absolute atomic E-state index is 11.2. The van der Waals surface area contributed by atoms with E-state index in [4.69, 9.17) is 5.73 Å². The van der Waals surface area contributed by atoms with Crippen molar-refractivity contribution in [1.29, 1.82) is 0 Å². The number of carboxylic acids is 1. The van der Waals surface area contributed by atoms with Crippen LogP contribution < -0.4 is 5.73 Å². The van der Waals surface area contributed by atoms with Crippen LogP contribution in [-0.4, -0.2) is 17.6 Å². The highest BCUT2D eigenvalue weighted by atomic mass is 16.4. The molecule has 0 radical (unpaired) electrons. The molecule has 0 amide bonds. The lowest BCUT2D eigenvalue weighted by Crippen LogP contribution is -2.07. The summed E-state index contributed by atoms with van der Waals surface area (Å²) in [5.41, 5.74) is 13.5. The van der Waals surface area contributed by atoms with Crippen LogP contribution in [-0.2, 0) is 0 Å². The first-order chi connectivity index (χ1) is 10.0. The van der Waals surface area contributed by atoms with Crippen LogP contribution in [0.3, 0.4) is 0 Å². The lowest BCUT2D eigenvalue weighted by molar-refractivity contribution is 0.0697. The van der Waals surface area contributed by atoms with Gasteiger partial charge in [0.05, 0.1) is 5.56 Å². The zero-order valence-corrected chi connectivity index (χ0v) is 12.3. The van der Waals surface area contributed by atoms with Crippen molar-refractivity contribution in [3.63, 3.8) is 0 Å². The summed E-state index contributed by atoms with van der Waals surface area (Å²) in [5.74, 6) is -0.674. The monoisotopic (exact) mass is 281 g/mol. The number of rotatable bonds is 3. The number of hydrogen-bond acceptors (Lipinski definition) is 2. The van der Waals surface area contributed by atoms with Crippen molar-refractivity contribution >= 4 is 5.97 Å². The molecule has 0 spiro atoms. The minimum absolute atomic E-state index is 0.207. The number of carbonyl (C=O) groups is 1. The van der Waals surface area contributed by atoms with E-state index in [0.717, 1.165) is 17.5 Å². The first kappa shape index (κ1) is 13.8. The Hall–Kier alpha value is -2.13. The fraction of sp³-hybridized carbons (Fsp3) is 0.278. The summed E-state index contributed by atoms with van der Waals surface area (Å²) >= 11 is 0.